The molecule has 0 saturated carbocycles. The van der Waals surface area contributed by atoms with Gasteiger partial charge in [-0.15, -0.1) is 0 Å². The lowest BCUT2D eigenvalue weighted by molar-refractivity contribution is 0.591. The van der Waals surface area contributed by atoms with Gasteiger partial charge in [0.1, 0.15) is 11.6 Å². The van der Waals surface area contributed by atoms with Crippen molar-refractivity contribution < 1.29 is 0 Å². The monoisotopic (exact) mass is 458 g/mol. The molecule has 0 bridgehead atoms. The SMILES string of the molecule is Cc1c2cccnc2cn1-c1cccc(C(C)(C)c2cccc(-n3cc4ncccc4c3C)n2)n1. The average molecular weight is 459 g/mol. The van der Waals surface area contributed by atoms with Crippen molar-refractivity contribution in [2.45, 2.75) is 33.1 Å². The maximum absolute atomic E-state index is 5.08. The maximum Gasteiger partial charge on any atom is 0.137 e. The van der Waals surface area contributed by atoms with Gasteiger partial charge in [0.15, 0.2) is 0 Å². The highest BCUT2D eigenvalue weighted by molar-refractivity contribution is 5.83. The topological polar surface area (TPSA) is 61.4 Å². The third-order valence-electron chi connectivity index (χ3n) is 6.93. The Morgan fingerprint density at radius 2 is 1.06 bits per heavy atom. The predicted octanol–water partition coefficient (Wildman–Crippen LogP) is 6.10. The molecule has 0 N–H and O–H groups in total. The quantitative estimate of drug-likeness (QED) is 0.320. The van der Waals surface area contributed by atoms with Gasteiger partial charge < -0.3 is 9.13 Å². The lowest BCUT2D eigenvalue weighted by atomic mass is 9.84. The van der Waals surface area contributed by atoms with Crippen LogP contribution in [0.1, 0.15) is 36.6 Å². The number of fused-ring (bicyclic) bond motifs is 2. The second-order valence-corrected chi connectivity index (χ2v) is 9.43. The first-order valence-electron chi connectivity index (χ1n) is 11.7. The fourth-order valence-electron chi connectivity index (χ4n) is 4.77. The third-order valence-corrected chi connectivity index (χ3v) is 6.93. The highest BCUT2D eigenvalue weighted by Gasteiger charge is 2.27. The first-order valence-corrected chi connectivity index (χ1v) is 11.7. The van der Waals surface area contributed by atoms with Crippen molar-refractivity contribution >= 4 is 21.8 Å². The molecule has 0 aliphatic carbocycles. The Morgan fingerprint density at radius 3 is 1.49 bits per heavy atom. The van der Waals surface area contributed by atoms with E-state index in [1.807, 2.05) is 36.7 Å². The second-order valence-electron chi connectivity index (χ2n) is 9.43. The molecule has 0 radical (unpaired) electrons. The van der Waals surface area contributed by atoms with Gasteiger partial charge in [-0.05, 0) is 76.2 Å². The number of hydrogen-bond donors (Lipinski definition) is 0. The van der Waals surface area contributed by atoms with Crippen LogP contribution in [-0.2, 0) is 5.41 Å². The van der Waals surface area contributed by atoms with E-state index in [-0.39, 0.29) is 0 Å². The van der Waals surface area contributed by atoms with Gasteiger partial charge in [0, 0.05) is 52.4 Å². The summed E-state index contributed by atoms with van der Waals surface area (Å²) >= 11 is 0. The number of pyridine rings is 4. The summed E-state index contributed by atoms with van der Waals surface area (Å²) in [6, 6.07) is 20.5. The van der Waals surface area contributed by atoms with E-state index in [0.717, 1.165) is 56.2 Å². The summed E-state index contributed by atoms with van der Waals surface area (Å²) in [7, 11) is 0. The molecule has 35 heavy (non-hydrogen) atoms. The Morgan fingerprint density at radius 1 is 0.600 bits per heavy atom. The van der Waals surface area contributed by atoms with Crippen LogP contribution in [0.3, 0.4) is 0 Å². The molecule has 6 nitrogen and oxygen atoms in total. The van der Waals surface area contributed by atoms with Crippen LogP contribution in [-0.4, -0.2) is 29.1 Å². The minimum atomic E-state index is -0.399. The normalized spacial score (nSPS) is 12.0. The Kier molecular flexibility index (Phi) is 4.78. The lowest BCUT2D eigenvalue weighted by Crippen LogP contribution is -2.23. The summed E-state index contributed by atoms with van der Waals surface area (Å²) in [5.74, 6) is 1.75. The fourth-order valence-corrected chi connectivity index (χ4v) is 4.77. The van der Waals surface area contributed by atoms with E-state index in [9.17, 15) is 0 Å². The zero-order valence-electron chi connectivity index (χ0n) is 20.3. The molecule has 0 spiro atoms. The molecule has 0 saturated heterocycles. The fraction of sp³-hybridized carbons (Fsp3) is 0.172. The molecule has 0 unspecified atom stereocenters. The first-order chi connectivity index (χ1) is 16.9. The molecule has 0 amide bonds. The summed E-state index contributed by atoms with van der Waals surface area (Å²) in [5, 5.41) is 2.27. The third kappa shape index (κ3) is 3.41. The van der Waals surface area contributed by atoms with Crippen molar-refractivity contribution in [3.05, 3.63) is 108 Å². The summed E-state index contributed by atoms with van der Waals surface area (Å²) < 4.78 is 4.23. The molecular formula is C29H26N6. The van der Waals surface area contributed by atoms with Crippen molar-refractivity contribution in [2.75, 3.05) is 0 Å². The van der Waals surface area contributed by atoms with Crippen LogP contribution >= 0.6 is 0 Å². The Bertz CT molecular complexity index is 1580. The van der Waals surface area contributed by atoms with E-state index in [1.165, 1.54) is 0 Å². The van der Waals surface area contributed by atoms with Crippen molar-refractivity contribution in [1.29, 1.82) is 0 Å². The van der Waals surface area contributed by atoms with E-state index >= 15 is 0 Å². The van der Waals surface area contributed by atoms with E-state index in [1.54, 1.807) is 0 Å². The molecule has 0 fully saturated rings. The summed E-state index contributed by atoms with van der Waals surface area (Å²) in [5.41, 5.74) is 5.70. The Hall–Kier alpha value is -4.32. The van der Waals surface area contributed by atoms with Crippen LogP contribution in [0.25, 0.3) is 33.4 Å². The Balaban J connectivity index is 1.42. The molecule has 6 aromatic rings. The van der Waals surface area contributed by atoms with E-state index in [2.05, 4.69) is 95.6 Å². The van der Waals surface area contributed by atoms with Crippen LogP contribution in [0.15, 0.2) is 85.5 Å². The second kappa shape index (κ2) is 7.87. The van der Waals surface area contributed by atoms with E-state index in [4.69, 9.17) is 9.97 Å². The number of nitrogens with zero attached hydrogens (tertiary/aromatic N) is 6. The van der Waals surface area contributed by atoms with Crippen LogP contribution in [0.5, 0.6) is 0 Å². The van der Waals surface area contributed by atoms with Gasteiger partial charge >= 0.3 is 0 Å². The molecule has 6 aromatic heterocycles. The van der Waals surface area contributed by atoms with Gasteiger partial charge in [0.05, 0.1) is 22.4 Å². The molecule has 6 heterocycles. The summed E-state index contributed by atoms with van der Waals surface area (Å²) in [6.07, 6.45) is 7.75. The molecule has 0 aliphatic rings. The van der Waals surface area contributed by atoms with Crippen molar-refractivity contribution in [1.82, 2.24) is 29.1 Å². The lowest BCUT2D eigenvalue weighted by Gasteiger charge is -2.25. The molecule has 6 rings (SSSR count). The molecule has 172 valence electrons. The first kappa shape index (κ1) is 21.2. The van der Waals surface area contributed by atoms with Crippen molar-refractivity contribution in [3.8, 4) is 11.6 Å². The summed E-state index contributed by atoms with van der Waals surface area (Å²) in [4.78, 5) is 19.2. The number of aryl methyl sites for hydroxylation is 2. The highest BCUT2D eigenvalue weighted by atomic mass is 15.1. The van der Waals surface area contributed by atoms with Gasteiger partial charge in [-0.2, -0.15) is 0 Å². The number of rotatable bonds is 4. The van der Waals surface area contributed by atoms with Crippen LogP contribution in [0.4, 0.5) is 0 Å². The van der Waals surface area contributed by atoms with E-state index < -0.39 is 5.41 Å². The molecule has 0 aromatic carbocycles. The number of hydrogen-bond acceptors (Lipinski definition) is 4. The van der Waals surface area contributed by atoms with E-state index in [0.29, 0.717) is 0 Å². The highest BCUT2D eigenvalue weighted by Crippen LogP contribution is 2.31. The molecular weight excluding hydrogens is 432 g/mol. The minimum Gasteiger partial charge on any atom is -0.303 e. The van der Waals surface area contributed by atoms with Crippen molar-refractivity contribution in [2.24, 2.45) is 0 Å². The molecule has 0 aliphatic heterocycles. The summed E-state index contributed by atoms with van der Waals surface area (Å²) in [6.45, 7) is 8.55. The Labute approximate surface area is 204 Å². The maximum atomic E-state index is 5.08. The largest absolute Gasteiger partial charge is 0.303 e. The van der Waals surface area contributed by atoms with Crippen LogP contribution < -0.4 is 0 Å². The minimum absolute atomic E-state index is 0.399. The van der Waals surface area contributed by atoms with Gasteiger partial charge in [-0.25, -0.2) is 9.97 Å². The van der Waals surface area contributed by atoms with Gasteiger partial charge in [-0.1, -0.05) is 12.1 Å². The zero-order valence-corrected chi connectivity index (χ0v) is 20.3. The average Bonchev–Trinajstić information content (AvgIpc) is 3.41. The standard InChI is InChI=1S/C29H26N6/c1-19-21-9-7-15-30-23(21)17-34(19)27-13-5-11-25(32-27)29(3,4)26-12-6-14-28(33-26)35-18-24-22(20(35)2)10-8-16-31-24/h5-18H,1-4H3. The molecule has 6 heteroatoms. The van der Waals surface area contributed by atoms with Gasteiger partial charge in [0.2, 0.25) is 0 Å². The smallest absolute Gasteiger partial charge is 0.137 e. The number of aromatic nitrogens is 6. The van der Waals surface area contributed by atoms with Crippen LogP contribution in [0, 0.1) is 13.8 Å². The zero-order chi connectivity index (χ0) is 24.2. The van der Waals surface area contributed by atoms with Gasteiger partial charge in [0.25, 0.3) is 0 Å². The molecule has 0 atom stereocenters. The van der Waals surface area contributed by atoms with Crippen molar-refractivity contribution in [3.63, 3.8) is 0 Å². The predicted molar refractivity (Wildman–Crippen MR) is 139 cm³/mol. The van der Waals surface area contributed by atoms with Gasteiger partial charge in [-0.3, -0.25) is 9.97 Å². The van der Waals surface area contributed by atoms with Crippen LogP contribution in [0.2, 0.25) is 0 Å².